The van der Waals surface area contributed by atoms with Crippen molar-refractivity contribution in [3.05, 3.63) is 41.7 Å². The molecular formula is C12H12N4O2. The van der Waals surface area contributed by atoms with E-state index in [-0.39, 0.29) is 24.6 Å². The second kappa shape index (κ2) is 5.19. The summed E-state index contributed by atoms with van der Waals surface area (Å²) in [4.78, 5) is 9.74. The van der Waals surface area contributed by atoms with Gasteiger partial charge in [0.15, 0.2) is 11.9 Å². The van der Waals surface area contributed by atoms with Gasteiger partial charge in [-0.05, 0) is 12.1 Å². The van der Waals surface area contributed by atoms with Gasteiger partial charge in [-0.2, -0.15) is 5.26 Å². The van der Waals surface area contributed by atoms with E-state index in [9.17, 15) is 10.2 Å². The van der Waals surface area contributed by atoms with E-state index in [1.807, 2.05) is 12.1 Å². The average molecular weight is 244 g/mol. The minimum absolute atomic E-state index is 0.218. The molecule has 0 amide bonds. The van der Waals surface area contributed by atoms with Crippen molar-refractivity contribution in [3.63, 3.8) is 0 Å². The molecule has 1 aromatic rings. The number of nitrogens with zero attached hydrogens (tertiary/aromatic N) is 4. The maximum Gasteiger partial charge on any atom is 0.234 e. The molecule has 0 saturated heterocycles. The fraction of sp³-hybridized carbons (Fsp3) is 0.250. The predicted octanol–water partition coefficient (Wildman–Crippen LogP) is 1.67. The van der Waals surface area contributed by atoms with Crippen LogP contribution >= 0.6 is 0 Å². The Morgan fingerprint density at radius 1 is 1.39 bits per heavy atom. The van der Waals surface area contributed by atoms with Crippen LogP contribution in [0.15, 0.2) is 41.0 Å². The lowest BCUT2D eigenvalue weighted by molar-refractivity contribution is 0.133. The summed E-state index contributed by atoms with van der Waals surface area (Å²) in [6.07, 6.45) is 2.52. The maximum absolute atomic E-state index is 9.82. The molecule has 2 rings (SSSR count). The van der Waals surface area contributed by atoms with Crippen LogP contribution in [0.2, 0.25) is 0 Å². The second-order valence-corrected chi connectivity index (χ2v) is 3.72. The number of aliphatic hydroxyl groups excluding tert-OH is 2. The summed E-state index contributed by atoms with van der Waals surface area (Å²) in [5.41, 5.74) is 0.644. The number of pyridine rings is 1. The zero-order chi connectivity index (χ0) is 13.0. The van der Waals surface area contributed by atoms with Crippen LogP contribution in [0.5, 0.6) is 0 Å². The van der Waals surface area contributed by atoms with Gasteiger partial charge in [0.25, 0.3) is 0 Å². The molecule has 0 fully saturated rings. The van der Waals surface area contributed by atoms with Crippen molar-refractivity contribution in [2.75, 3.05) is 6.54 Å². The smallest absolute Gasteiger partial charge is 0.234 e. The molecule has 0 spiro atoms. The van der Waals surface area contributed by atoms with Crippen molar-refractivity contribution in [1.29, 1.82) is 5.26 Å². The van der Waals surface area contributed by atoms with Crippen LogP contribution < -0.4 is 0 Å². The number of aliphatic imine (C=N–C) groups is 1. The normalized spacial score (nSPS) is 18.8. The van der Waals surface area contributed by atoms with E-state index in [0.29, 0.717) is 5.69 Å². The Bertz CT molecular complexity index is 519. The molecule has 1 aliphatic rings. The first-order valence-corrected chi connectivity index (χ1v) is 5.44. The summed E-state index contributed by atoms with van der Waals surface area (Å²) in [5.74, 6) is -0.587. The van der Waals surface area contributed by atoms with Crippen molar-refractivity contribution in [2.45, 2.75) is 12.6 Å². The SMILES string of the molecule is N#CCCN1C(O)=C(O)C=NC1c1ccccn1. The number of rotatable bonds is 3. The van der Waals surface area contributed by atoms with Crippen LogP contribution in [0.25, 0.3) is 0 Å². The van der Waals surface area contributed by atoms with E-state index in [2.05, 4.69) is 9.98 Å². The molecule has 0 aliphatic carbocycles. The summed E-state index contributed by atoms with van der Waals surface area (Å²) in [5, 5.41) is 27.9. The summed E-state index contributed by atoms with van der Waals surface area (Å²) >= 11 is 0. The van der Waals surface area contributed by atoms with Crippen molar-refractivity contribution in [1.82, 2.24) is 9.88 Å². The molecule has 0 radical (unpaired) electrons. The highest BCUT2D eigenvalue weighted by molar-refractivity contribution is 5.77. The highest BCUT2D eigenvalue weighted by atomic mass is 16.3. The minimum Gasteiger partial charge on any atom is -0.502 e. The Hall–Kier alpha value is -2.55. The van der Waals surface area contributed by atoms with E-state index >= 15 is 0 Å². The van der Waals surface area contributed by atoms with Gasteiger partial charge in [-0.15, -0.1) is 0 Å². The zero-order valence-corrected chi connectivity index (χ0v) is 9.56. The summed E-state index contributed by atoms with van der Waals surface area (Å²) < 4.78 is 0. The molecule has 1 atom stereocenters. The maximum atomic E-state index is 9.82. The Labute approximate surface area is 104 Å². The van der Waals surface area contributed by atoms with Gasteiger partial charge in [0.05, 0.1) is 24.4 Å². The van der Waals surface area contributed by atoms with Gasteiger partial charge >= 0.3 is 0 Å². The highest BCUT2D eigenvalue weighted by Gasteiger charge is 2.27. The molecule has 2 heterocycles. The van der Waals surface area contributed by atoms with Crippen LogP contribution in [-0.2, 0) is 0 Å². The molecule has 1 aromatic heterocycles. The largest absolute Gasteiger partial charge is 0.502 e. The van der Waals surface area contributed by atoms with Gasteiger partial charge < -0.3 is 15.1 Å². The Balaban J connectivity index is 2.30. The van der Waals surface area contributed by atoms with Gasteiger partial charge in [0.2, 0.25) is 5.88 Å². The number of hydrogen-bond donors (Lipinski definition) is 2. The third kappa shape index (κ3) is 2.25. The van der Waals surface area contributed by atoms with Gasteiger partial charge in [-0.3, -0.25) is 9.98 Å². The van der Waals surface area contributed by atoms with Crippen LogP contribution in [0, 0.1) is 11.3 Å². The fourth-order valence-corrected chi connectivity index (χ4v) is 1.71. The molecule has 0 saturated carbocycles. The molecule has 0 aromatic carbocycles. The lowest BCUT2D eigenvalue weighted by Crippen LogP contribution is -2.32. The Kier molecular flexibility index (Phi) is 3.44. The Morgan fingerprint density at radius 2 is 2.22 bits per heavy atom. The lowest BCUT2D eigenvalue weighted by atomic mass is 10.2. The van der Waals surface area contributed by atoms with Gasteiger partial charge in [-0.1, -0.05) is 6.07 Å². The fourth-order valence-electron chi connectivity index (χ4n) is 1.71. The summed E-state index contributed by atoms with van der Waals surface area (Å²) in [6.45, 7) is 0.269. The first-order chi connectivity index (χ1) is 8.74. The van der Waals surface area contributed by atoms with Crippen LogP contribution in [-0.4, -0.2) is 32.9 Å². The van der Waals surface area contributed by atoms with Gasteiger partial charge in [0, 0.05) is 12.7 Å². The molecule has 18 heavy (non-hydrogen) atoms. The van der Waals surface area contributed by atoms with E-state index in [1.54, 1.807) is 18.3 Å². The number of hydrogen-bond acceptors (Lipinski definition) is 6. The van der Waals surface area contributed by atoms with Crippen LogP contribution in [0.4, 0.5) is 0 Å². The second-order valence-electron chi connectivity index (χ2n) is 3.72. The Morgan fingerprint density at radius 3 is 2.89 bits per heavy atom. The highest BCUT2D eigenvalue weighted by Crippen LogP contribution is 2.27. The van der Waals surface area contributed by atoms with Crippen molar-refractivity contribution in [2.24, 2.45) is 4.99 Å². The monoisotopic (exact) mass is 244 g/mol. The molecule has 1 unspecified atom stereocenters. The number of aliphatic hydroxyl groups is 2. The topological polar surface area (TPSA) is 92.7 Å². The van der Waals surface area contributed by atoms with Crippen LogP contribution in [0.1, 0.15) is 18.3 Å². The molecule has 2 N–H and O–H groups in total. The standard InChI is InChI=1S/C12H12N4O2/c13-5-3-7-16-11(9-4-1-2-6-14-9)15-8-10(17)12(16)18/h1-2,4,6,8,11,17-18H,3,7H2. The molecule has 1 aliphatic heterocycles. The lowest BCUT2D eigenvalue weighted by Gasteiger charge is -2.31. The van der Waals surface area contributed by atoms with Crippen LogP contribution in [0.3, 0.4) is 0 Å². The molecular weight excluding hydrogens is 232 g/mol. The van der Waals surface area contributed by atoms with Crippen molar-refractivity contribution < 1.29 is 10.2 Å². The number of allylic oxidation sites excluding steroid dienone is 1. The van der Waals surface area contributed by atoms with E-state index in [4.69, 9.17) is 5.26 Å². The quantitative estimate of drug-likeness (QED) is 0.843. The van der Waals surface area contributed by atoms with E-state index in [0.717, 1.165) is 0 Å². The van der Waals surface area contributed by atoms with Crippen molar-refractivity contribution >= 4 is 6.21 Å². The van der Waals surface area contributed by atoms with Crippen molar-refractivity contribution in [3.8, 4) is 6.07 Å². The molecule has 6 heteroatoms. The first-order valence-electron chi connectivity index (χ1n) is 5.44. The van der Waals surface area contributed by atoms with Gasteiger partial charge in [-0.25, -0.2) is 0 Å². The predicted molar refractivity (Wildman–Crippen MR) is 64.7 cm³/mol. The number of aromatic nitrogens is 1. The third-order valence-corrected chi connectivity index (χ3v) is 2.55. The zero-order valence-electron chi connectivity index (χ0n) is 9.56. The van der Waals surface area contributed by atoms with E-state index in [1.165, 1.54) is 11.1 Å². The summed E-state index contributed by atoms with van der Waals surface area (Å²) in [6, 6.07) is 7.36. The van der Waals surface area contributed by atoms with E-state index < -0.39 is 6.17 Å². The average Bonchev–Trinajstić information content (AvgIpc) is 2.41. The van der Waals surface area contributed by atoms with Gasteiger partial charge in [0.1, 0.15) is 0 Å². The third-order valence-electron chi connectivity index (χ3n) is 2.55. The molecule has 0 bridgehead atoms. The first kappa shape index (κ1) is 11.9. The molecule has 6 nitrogen and oxygen atoms in total. The minimum atomic E-state index is -0.518. The molecule has 92 valence electrons. The number of nitriles is 1. The summed E-state index contributed by atoms with van der Waals surface area (Å²) in [7, 11) is 0.